The van der Waals surface area contributed by atoms with Crippen molar-refractivity contribution in [2.24, 2.45) is 4.99 Å². The average molecular weight is 291 g/mol. The summed E-state index contributed by atoms with van der Waals surface area (Å²) in [5.74, 6) is 0. The summed E-state index contributed by atoms with van der Waals surface area (Å²) in [6, 6.07) is 13.4. The Morgan fingerprint density at radius 3 is 2.75 bits per heavy atom. The van der Waals surface area contributed by atoms with Gasteiger partial charge in [0.15, 0.2) is 0 Å². The molecule has 0 fully saturated rings. The molecule has 1 heterocycles. The highest BCUT2D eigenvalue weighted by molar-refractivity contribution is 9.11. The molecule has 0 unspecified atom stereocenters. The lowest BCUT2D eigenvalue weighted by Gasteiger charge is -1.94. The van der Waals surface area contributed by atoms with Crippen LogP contribution in [-0.2, 0) is 0 Å². The smallest absolute Gasteiger partial charge is 0.101 e. The molecule has 2 nitrogen and oxygen atoms in total. The minimum Gasteiger partial charge on any atom is -0.254 e. The standard InChI is InChI=1S/C12H7BrN2S/c13-12-6-5-10(16-12)8-15-11-4-2-1-3-9(11)7-14/h1-6,8H. The Bertz CT molecular complexity index is 566. The molecule has 0 aliphatic heterocycles. The van der Waals surface area contributed by atoms with Crippen LogP contribution in [0.1, 0.15) is 10.4 Å². The largest absolute Gasteiger partial charge is 0.254 e. The van der Waals surface area contributed by atoms with Crippen LogP contribution < -0.4 is 0 Å². The van der Waals surface area contributed by atoms with E-state index in [1.165, 1.54) is 0 Å². The Balaban J connectivity index is 2.27. The molecule has 0 amide bonds. The van der Waals surface area contributed by atoms with Crippen molar-refractivity contribution in [3.05, 3.63) is 50.6 Å². The van der Waals surface area contributed by atoms with Gasteiger partial charge in [0.25, 0.3) is 0 Å². The summed E-state index contributed by atoms with van der Waals surface area (Å²) in [5, 5.41) is 8.89. The summed E-state index contributed by atoms with van der Waals surface area (Å²) < 4.78 is 1.07. The number of rotatable bonds is 2. The molecule has 0 aliphatic carbocycles. The topological polar surface area (TPSA) is 36.1 Å². The Labute approximate surface area is 106 Å². The van der Waals surface area contributed by atoms with Crippen LogP contribution in [0.4, 0.5) is 5.69 Å². The Kier molecular flexibility index (Phi) is 3.50. The lowest BCUT2D eigenvalue weighted by molar-refractivity contribution is 1.44. The Morgan fingerprint density at radius 1 is 1.25 bits per heavy atom. The van der Waals surface area contributed by atoms with E-state index in [0.717, 1.165) is 8.66 Å². The summed E-state index contributed by atoms with van der Waals surface area (Å²) in [6.45, 7) is 0. The molecule has 1 aromatic heterocycles. The zero-order chi connectivity index (χ0) is 11.4. The predicted molar refractivity (Wildman–Crippen MR) is 70.4 cm³/mol. The number of hydrogen-bond acceptors (Lipinski definition) is 3. The second-order valence-electron chi connectivity index (χ2n) is 3.03. The maximum atomic E-state index is 8.89. The van der Waals surface area contributed by atoms with Gasteiger partial charge >= 0.3 is 0 Å². The number of nitrogens with zero attached hydrogens (tertiary/aromatic N) is 2. The first-order chi connectivity index (χ1) is 7.79. The van der Waals surface area contributed by atoms with Crippen LogP contribution >= 0.6 is 27.3 Å². The van der Waals surface area contributed by atoms with Gasteiger partial charge in [-0.15, -0.1) is 11.3 Å². The quantitative estimate of drug-likeness (QED) is 0.766. The Morgan fingerprint density at radius 2 is 2.06 bits per heavy atom. The molecule has 0 atom stereocenters. The third kappa shape index (κ3) is 2.57. The third-order valence-electron chi connectivity index (χ3n) is 1.95. The highest BCUT2D eigenvalue weighted by Crippen LogP contribution is 2.22. The van der Waals surface area contributed by atoms with Gasteiger partial charge in [-0.05, 0) is 40.2 Å². The molecule has 4 heteroatoms. The molecule has 0 saturated heterocycles. The summed E-state index contributed by atoms with van der Waals surface area (Å²) in [7, 11) is 0. The van der Waals surface area contributed by atoms with Gasteiger partial charge in [-0.2, -0.15) is 5.26 Å². The van der Waals surface area contributed by atoms with Crippen molar-refractivity contribution >= 4 is 39.2 Å². The summed E-state index contributed by atoms with van der Waals surface area (Å²) in [4.78, 5) is 5.36. The zero-order valence-electron chi connectivity index (χ0n) is 8.22. The molecular formula is C12H7BrN2S. The van der Waals surface area contributed by atoms with Gasteiger partial charge in [0.2, 0.25) is 0 Å². The fraction of sp³-hybridized carbons (Fsp3) is 0. The van der Waals surface area contributed by atoms with E-state index in [-0.39, 0.29) is 0 Å². The fourth-order valence-electron chi connectivity index (χ4n) is 1.21. The minimum atomic E-state index is 0.592. The van der Waals surface area contributed by atoms with E-state index < -0.39 is 0 Å². The van der Waals surface area contributed by atoms with E-state index in [1.54, 1.807) is 23.6 Å². The van der Waals surface area contributed by atoms with Crippen LogP contribution in [0, 0.1) is 11.3 Å². The highest BCUT2D eigenvalue weighted by atomic mass is 79.9. The first-order valence-corrected chi connectivity index (χ1v) is 6.19. The van der Waals surface area contributed by atoms with Gasteiger partial charge in [-0.3, -0.25) is 4.99 Å². The molecule has 0 N–H and O–H groups in total. The van der Waals surface area contributed by atoms with Crippen LogP contribution in [-0.4, -0.2) is 6.21 Å². The number of benzene rings is 1. The van der Waals surface area contributed by atoms with E-state index >= 15 is 0 Å². The molecule has 78 valence electrons. The van der Waals surface area contributed by atoms with Crippen LogP contribution in [0.15, 0.2) is 45.2 Å². The lowest BCUT2D eigenvalue weighted by atomic mass is 10.2. The van der Waals surface area contributed by atoms with Crippen molar-refractivity contribution < 1.29 is 0 Å². The van der Waals surface area contributed by atoms with Crippen molar-refractivity contribution in [1.82, 2.24) is 0 Å². The van der Waals surface area contributed by atoms with E-state index in [0.29, 0.717) is 11.3 Å². The SMILES string of the molecule is N#Cc1ccccc1N=Cc1ccc(Br)s1. The molecule has 2 aromatic rings. The van der Waals surface area contributed by atoms with Crippen LogP contribution in [0.5, 0.6) is 0 Å². The van der Waals surface area contributed by atoms with E-state index in [9.17, 15) is 0 Å². The van der Waals surface area contributed by atoms with Gasteiger partial charge in [-0.1, -0.05) is 12.1 Å². The van der Waals surface area contributed by atoms with Crippen molar-refractivity contribution in [2.45, 2.75) is 0 Å². The first kappa shape index (κ1) is 11.1. The molecule has 0 spiro atoms. The van der Waals surface area contributed by atoms with Crippen molar-refractivity contribution in [1.29, 1.82) is 5.26 Å². The predicted octanol–water partition coefficient (Wildman–Crippen LogP) is 4.13. The zero-order valence-corrected chi connectivity index (χ0v) is 10.6. The molecule has 1 aromatic carbocycles. The normalized spacial score (nSPS) is 10.5. The minimum absolute atomic E-state index is 0.592. The second-order valence-corrected chi connectivity index (χ2v) is 5.52. The maximum absolute atomic E-state index is 8.89. The molecule has 0 radical (unpaired) electrons. The molecule has 0 saturated carbocycles. The lowest BCUT2D eigenvalue weighted by Crippen LogP contribution is -1.76. The van der Waals surface area contributed by atoms with Crippen molar-refractivity contribution in [2.75, 3.05) is 0 Å². The molecular weight excluding hydrogens is 284 g/mol. The fourth-order valence-corrected chi connectivity index (χ4v) is 2.51. The number of nitriles is 1. The summed E-state index contributed by atoms with van der Waals surface area (Å²) in [5.41, 5.74) is 1.30. The molecule has 2 rings (SSSR count). The second kappa shape index (κ2) is 5.06. The van der Waals surface area contributed by atoms with E-state index in [4.69, 9.17) is 5.26 Å². The van der Waals surface area contributed by atoms with Gasteiger partial charge in [0, 0.05) is 11.1 Å². The first-order valence-electron chi connectivity index (χ1n) is 4.58. The van der Waals surface area contributed by atoms with Gasteiger partial charge in [-0.25, -0.2) is 0 Å². The monoisotopic (exact) mass is 290 g/mol. The molecule has 16 heavy (non-hydrogen) atoms. The van der Waals surface area contributed by atoms with Crippen LogP contribution in [0.2, 0.25) is 0 Å². The number of aliphatic imine (C=N–C) groups is 1. The van der Waals surface area contributed by atoms with Crippen LogP contribution in [0.25, 0.3) is 0 Å². The number of thiophene rings is 1. The van der Waals surface area contributed by atoms with E-state index in [1.807, 2.05) is 30.3 Å². The molecule has 0 bridgehead atoms. The van der Waals surface area contributed by atoms with E-state index in [2.05, 4.69) is 27.0 Å². The molecule has 0 aliphatic rings. The number of para-hydroxylation sites is 1. The van der Waals surface area contributed by atoms with Gasteiger partial charge < -0.3 is 0 Å². The number of halogens is 1. The van der Waals surface area contributed by atoms with Crippen molar-refractivity contribution in [3.63, 3.8) is 0 Å². The van der Waals surface area contributed by atoms with Crippen molar-refractivity contribution in [3.8, 4) is 6.07 Å². The summed E-state index contributed by atoms with van der Waals surface area (Å²) >= 11 is 5.00. The van der Waals surface area contributed by atoms with Gasteiger partial charge in [0.05, 0.1) is 15.0 Å². The number of hydrogen-bond donors (Lipinski definition) is 0. The van der Waals surface area contributed by atoms with Gasteiger partial charge in [0.1, 0.15) is 6.07 Å². The Hall–Kier alpha value is -1.44. The third-order valence-corrected chi connectivity index (χ3v) is 3.51. The average Bonchev–Trinajstić information content (AvgIpc) is 2.73. The van der Waals surface area contributed by atoms with Crippen LogP contribution in [0.3, 0.4) is 0 Å². The maximum Gasteiger partial charge on any atom is 0.101 e. The highest BCUT2D eigenvalue weighted by Gasteiger charge is 1.98. The summed E-state index contributed by atoms with van der Waals surface area (Å²) in [6.07, 6.45) is 1.77.